The van der Waals surface area contributed by atoms with Crippen molar-refractivity contribution < 1.29 is 18.0 Å². The first-order chi connectivity index (χ1) is 7.20. The third-order valence-electron chi connectivity index (χ3n) is 2.08. The Kier molecular flexibility index (Phi) is 5.74. The fourth-order valence-corrected chi connectivity index (χ4v) is 1.53. The van der Waals surface area contributed by atoms with E-state index in [1.807, 2.05) is 0 Å². The number of nitrogens with two attached hydrogens (primary N) is 1. The number of alkyl halides is 3. The van der Waals surface area contributed by atoms with Crippen LogP contribution in [-0.4, -0.2) is 49.2 Å². The molecule has 0 bridgehead atoms. The number of amides is 1. The first-order valence-corrected chi connectivity index (χ1v) is 4.99. The lowest BCUT2D eigenvalue weighted by atomic mass is 10.1. The van der Waals surface area contributed by atoms with Crippen molar-refractivity contribution in [2.75, 3.05) is 20.1 Å². The molecule has 0 radical (unpaired) electrons. The molecule has 0 spiro atoms. The van der Waals surface area contributed by atoms with Crippen LogP contribution in [0.2, 0.25) is 0 Å². The minimum atomic E-state index is -4.44. The number of nitrogens with zero attached hydrogens (tertiary/aromatic N) is 1. The second-order valence-electron chi connectivity index (χ2n) is 3.71. The number of rotatable bonds is 5. The van der Waals surface area contributed by atoms with Gasteiger partial charge >= 0.3 is 6.18 Å². The zero-order valence-corrected chi connectivity index (χ0v) is 9.64. The topological polar surface area (TPSA) is 58.4 Å². The van der Waals surface area contributed by atoms with Gasteiger partial charge < -0.3 is 11.1 Å². The second-order valence-corrected chi connectivity index (χ2v) is 3.71. The van der Waals surface area contributed by atoms with Crippen LogP contribution in [0.4, 0.5) is 13.2 Å². The van der Waals surface area contributed by atoms with Crippen LogP contribution in [0.1, 0.15) is 13.8 Å². The number of nitrogens with one attached hydrogen (secondary N) is 1. The van der Waals surface area contributed by atoms with Crippen LogP contribution in [0.15, 0.2) is 0 Å². The fraction of sp³-hybridized carbons (Fsp3) is 0.889. The van der Waals surface area contributed by atoms with Crippen LogP contribution in [0, 0.1) is 0 Å². The van der Waals surface area contributed by atoms with Crippen LogP contribution in [0.25, 0.3) is 0 Å². The van der Waals surface area contributed by atoms with Crippen molar-refractivity contribution in [3.8, 4) is 0 Å². The van der Waals surface area contributed by atoms with Gasteiger partial charge in [-0.05, 0) is 20.9 Å². The van der Waals surface area contributed by atoms with Gasteiger partial charge in [0.1, 0.15) is 6.04 Å². The Bertz CT molecular complexity index is 231. The summed E-state index contributed by atoms with van der Waals surface area (Å²) >= 11 is 0. The number of carbonyl (C=O) groups is 1. The van der Waals surface area contributed by atoms with Gasteiger partial charge in [0.15, 0.2) is 0 Å². The highest BCUT2D eigenvalue weighted by Crippen LogP contribution is 2.25. The van der Waals surface area contributed by atoms with E-state index in [0.29, 0.717) is 6.54 Å². The Morgan fingerprint density at radius 2 is 2.00 bits per heavy atom. The lowest BCUT2D eigenvalue weighted by Gasteiger charge is -2.31. The Morgan fingerprint density at radius 3 is 2.31 bits per heavy atom. The van der Waals surface area contributed by atoms with E-state index in [4.69, 9.17) is 5.73 Å². The zero-order valence-electron chi connectivity index (χ0n) is 9.64. The molecule has 0 saturated carbocycles. The molecule has 0 saturated heterocycles. The van der Waals surface area contributed by atoms with Crippen molar-refractivity contribution in [2.45, 2.75) is 32.1 Å². The Morgan fingerprint density at radius 1 is 1.50 bits per heavy atom. The van der Waals surface area contributed by atoms with Crippen LogP contribution in [0.3, 0.4) is 0 Å². The van der Waals surface area contributed by atoms with Crippen molar-refractivity contribution in [1.29, 1.82) is 0 Å². The Hall–Kier alpha value is -0.820. The summed E-state index contributed by atoms with van der Waals surface area (Å²) in [6.07, 6.45) is -4.44. The third-order valence-corrected chi connectivity index (χ3v) is 2.08. The van der Waals surface area contributed by atoms with E-state index in [2.05, 4.69) is 5.32 Å². The molecule has 16 heavy (non-hydrogen) atoms. The van der Waals surface area contributed by atoms with E-state index in [1.54, 1.807) is 6.92 Å². The quantitative estimate of drug-likeness (QED) is 0.729. The molecule has 0 aliphatic carbocycles. The Labute approximate surface area is 93.0 Å². The predicted molar refractivity (Wildman–Crippen MR) is 54.8 cm³/mol. The number of likely N-dealkylation sites (N-methyl/N-ethyl adjacent to an activating group) is 2. The van der Waals surface area contributed by atoms with Gasteiger partial charge in [-0.25, -0.2) is 0 Å². The zero-order chi connectivity index (χ0) is 12.9. The van der Waals surface area contributed by atoms with E-state index >= 15 is 0 Å². The second kappa shape index (κ2) is 6.05. The van der Waals surface area contributed by atoms with E-state index < -0.39 is 24.2 Å². The van der Waals surface area contributed by atoms with Gasteiger partial charge in [0.05, 0.1) is 6.54 Å². The van der Waals surface area contributed by atoms with E-state index in [9.17, 15) is 18.0 Å². The average Bonchev–Trinajstić information content (AvgIpc) is 1.99. The number of hydrogen-bond acceptors (Lipinski definition) is 3. The minimum Gasteiger partial charge on any atom is -0.355 e. The summed E-state index contributed by atoms with van der Waals surface area (Å²) in [5, 5.41) is 2.43. The molecule has 7 heteroatoms. The normalized spacial score (nSPS) is 16.0. The van der Waals surface area contributed by atoms with E-state index in [0.717, 1.165) is 4.90 Å². The van der Waals surface area contributed by atoms with Gasteiger partial charge in [0.25, 0.3) is 0 Å². The summed E-state index contributed by atoms with van der Waals surface area (Å²) in [5.74, 6) is -0.445. The van der Waals surface area contributed by atoms with Crippen molar-refractivity contribution in [1.82, 2.24) is 10.2 Å². The SMILES string of the molecule is CCNC(=O)CN(C)C(C(C)N)C(F)(F)F. The van der Waals surface area contributed by atoms with Crippen LogP contribution >= 0.6 is 0 Å². The highest BCUT2D eigenvalue weighted by Gasteiger charge is 2.44. The minimum absolute atomic E-state index is 0.320. The first kappa shape index (κ1) is 15.2. The fourth-order valence-electron chi connectivity index (χ4n) is 1.53. The molecule has 3 N–H and O–H groups in total. The maximum absolute atomic E-state index is 12.6. The molecule has 0 aromatic carbocycles. The molecule has 2 atom stereocenters. The van der Waals surface area contributed by atoms with Crippen LogP contribution in [-0.2, 0) is 4.79 Å². The molecule has 1 amide bonds. The predicted octanol–water partition coefficient (Wildman–Crippen LogP) is 0.332. The summed E-state index contributed by atoms with van der Waals surface area (Å²) in [4.78, 5) is 12.1. The summed E-state index contributed by atoms with van der Waals surface area (Å²) in [6, 6.07) is -2.89. The largest absolute Gasteiger partial charge is 0.405 e. The summed E-state index contributed by atoms with van der Waals surface area (Å²) in [5.41, 5.74) is 5.28. The molecule has 0 fully saturated rings. The maximum atomic E-state index is 12.6. The molecule has 4 nitrogen and oxygen atoms in total. The highest BCUT2D eigenvalue weighted by molar-refractivity contribution is 5.77. The molecule has 0 aromatic heterocycles. The van der Waals surface area contributed by atoms with Crippen LogP contribution in [0.5, 0.6) is 0 Å². The summed E-state index contributed by atoms with van der Waals surface area (Å²) < 4.78 is 37.8. The number of halogens is 3. The molecule has 0 aliphatic rings. The van der Waals surface area contributed by atoms with Gasteiger partial charge in [0, 0.05) is 12.6 Å². The molecule has 0 aromatic rings. The molecule has 0 aliphatic heterocycles. The van der Waals surface area contributed by atoms with Gasteiger partial charge in [-0.1, -0.05) is 0 Å². The smallest absolute Gasteiger partial charge is 0.355 e. The number of carbonyl (C=O) groups excluding carboxylic acids is 1. The van der Waals surface area contributed by atoms with Gasteiger partial charge in [-0.2, -0.15) is 13.2 Å². The third kappa shape index (κ3) is 4.80. The van der Waals surface area contributed by atoms with E-state index in [1.165, 1.54) is 14.0 Å². The Balaban J connectivity index is 4.52. The van der Waals surface area contributed by atoms with Crippen molar-refractivity contribution in [2.24, 2.45) is 5.73 Å². The first-order valence-electron chi connectivity index (χ1n) is 4.99. The van der Waals surface area contributed by atoms with E-state index in [-0.39, 0.29) is 6.54 Å². The molecule has 2 unspecified atom stereocenters. The summed E-state index contributed by atoms with van der Waals surface area (Å²) in [7, 11) is 1.23. The van der Waals surface area contributed by atoms with Crippen molar-refractivity contribution in [3.05, 3.63) is 0 Å². The number of hydrogen-bond donors (Lipinski definition) is 2. The maximum Gasteiger partial charge on any atom is 0.405 e. The van der Waals surface area contributed by atoms with Crippen LogP contribution < -0.4 is 11.1 Å². The lowest BCUT2D eigenvalue weighted by molar-refractivity contribution is -0.184. The van der Waals surface area contributed by atoms with Crippen molar-refractivity contribution >= 4 is 5.91 Å². The molecule has 0 rings (SSSR count). The molecule has 96 valence electrons. The summed E-state index contributed by atoms with van der Waals surface area (Å²) in [6.45, 7) is 3.04. The molecular formula is C9H18F3N3O. The molecular weight excluding hydrogens is 223 g/mol. The van der Waals surface area contributed by atoms with Gasteiger partial charge in [-0.3, -0.25) is 9.69 Å². The standard InChI is InChI=1S/C9H18F3N3O/c1-4-14-7(16)5-15(3)8(6(2)13)9(10,11)12/h6,8H,4-5,13H2,1-3H3,(H,14,16). The average molecular weight is 241 g/mol. The van der Waals surface area contributed by atoms with Gasteiger partial charge in [-0.15, -0.1) is 0 Å². The lowest BCUT2D eigenvalue weighted by Crippen LogP contribution is -2.55. The molecule has 0 heterocycles. The highest BCUT2D eigenvalue weighted by atomic mass is 19.4. The monoisotopic (exact) mass is 241 g/mol. The van der Waals surface area contributed by atoms with Crippen molar-refractivity contribution in [3.63, 3.8) is 0 Å². The van der Waals surface area contributed by atoms with Gasteiger partial charge in [0.2, 0.25) is 5.91 Å².